The molecule has 0 spiro atoms. The van der Waals surface area contributed by atoms with Crippen LogP contribution in [0.15, 0.2) is 6.20 Å². The molecule has 13 heavy (non-hydrogen) atoms. The van der Waals surface area contributed by atoms with Gasteiger partial charge in [-0.3, -0.25) is 5.10 Å². The van der Waals surface area contributed by atoms with E-state index in [4.69, 9.17) is 0 Å². The third-order valence-corrected chi connectivity index (χ3v) is 2.96. The van der Waals surface area contributed by atoms with Crippen molar-refractivity contribution in [1.29, 1.82) is 0 Å². The van der Waals surface area contributed by atoms with E-state index < -0.39 is 0 Å². The van der Waals surface area contributed by atoms with Gasteiger partial charge in [0.2, 0.25) is 0 Å². The molecule has 72 valence electrons. The van der Waals surface area contributed by atoms with Gasteiger partial charge in [0.05, 0.1) is 5.69 Å². The SMILES string of the molecule is c1[nH]nnc1C1CCCCCCC1. The normalized spacial score (nSPS) is 20.9. The fourth-order valence-corrected chi connectivity index (χ4v) is 2.16. The van der Waals surface area contributed by atoms with Gasteiger partial charge < -0.3 is 0 Å². The van der Waals surface area contributed by atoms with Crippen LogP contribution in [0.1, 0.15) is 56.6 Å². The molecule has 3 nitrogen and oxygen atoms in total. The Morgan fingerprint density at radius 3 is 2.38 bits per heavy atom. The third-order valence-electron chi connectivity index (χ3n) is 2.96. The van der Waals surface area contributed by atoms with Crippen molar-refractivity contribution in [3.8, 4) is 0 Å². The first kappa shape index (κ1) is 8.73. The van der Waals surface area contributed by atoms with Gasteiger partial charge in [0.1, 0.15) is 0 Å². The van der Waals surface area contributed by atoms with E-state index in [9.17, 15) is 0 Å². The molecule has 1 aliphatic rings. The van der Waals surface area contributed by atoms with E-state index in [1.807, 2.05) is 6.20 Å². The maximum absolute atomic E-state index is 4.11. The van der Waals surface area contributed by atoms with Crippen LogP contribution >= 0.6 is 0 Å². The standard InChI is InChI=1S/C10H17N3/c1-2-4-6-9(7-5-3-1)10-8-11-13-12-10/h8-9H,1-7H2,(H,11,12,13). The molecule has 0 radical (unpaired) electrons. The monoisotopic (exact) mass is 179 g/mol. The van der Waals surface area contributed by atoms with Gasteiger partial charge in [-0.25, -0.2) is 0 Å². The van der Waals surface area contributed by atoms with Gasteiger partial charge in [0.15, 0.2) is 0 Å². The van der Waals surface area contributed by atoms with Crippen molar-refractivity contribution in [1.82, 2.24) is 15.4 Å². The highest BCUT2D eigenvalue weighted by Gasteiger charge is 2.15. The van der Waals surface area contributed by atoms with Gasteiger partial charge in [0, 0.05) is 12.1 Å². The lowest BCUT2D eigenvalue weighted by molar-refractivity contribution is 0.449. The number of nitrogens with one attached hydrogen (secondary N) is 1. The van der Waals surface area contributed by atoms with Crippen LogP contribution in [0.25, 0.3) is 0 Å². The van der Waals surface area contributed by atoms with E-state index in [1.54, 1.807) is 0 Å². The number of aromatic amines is 1. The van der Waals surface area contributed by atoms with Gasteiger partial charge in [0.25, 0.3) is 0 Å². The second-order valence-electron chi connectivity index (χ2n) is 3.94. The van der Waals surface area contributed by atoms with Crippen LogP contribution in [0.3, 0.4) is 0 Å². The van der Waals surface area contributed by atoms with E-state index >= 15 is 0 Å². The number of hydrogen-bond donors (Lipinski definition) is 1. The van der Waals surface area contributed by atoms with E-state index in [0.717, 1.165) is 0 Å². The Bertz CT molecular complexity index is 222. The first-order chi connectivity index (χ1) is 6.47. The molecule has 3 heteroatoms. The molecule has 1 fully saturated rings. The van der Waals surface area contributed by atoms with Gasteiger partial charge in [-0.2, -0.15) is 0 Å². The van der Waals surface area contributed by atoms with Gasteiger partial charge >= 0.3 is 0 Å². The summed E-state index contributed by atoms with van der Waals surface area (Å²) in [6.07, 6.45) is 11.5. The van der Waals surface area contributed by atoms with Crippen LogP contribution < -0.4 is 0 Å². The number of nitrogens with zero attached hydrogens (tertiary/aromatic N) is 2. The van der Waals surface area contributed by atoms with E-state index in [2.05, 4.69) is 15.4 Å². The Morgan fingerprint density at radius 2 is 1.77 bits per heavy atom. The maximum atomic E-state index is 4.11. The fraction of sp³-hybridized carbons (Fsp3) is 0.800. The largest absolute Gasteiger partial charge is 0.265 e. The highest BCUT2D eigenvalue weighted by atomic mass is 15.3. The zero-order chi connectivity index (χ0) is 8.93. The number of aromatic nitrogens is 3. The van der Waals surface area contributed by atoms with Crippen molar-refractivity contribution in [2.75, 3.05) is 0 Å². The van der Waals surface area contributed by atoms with Gasteiger partial charge in [-0.05, 0) is 12.8 Å². The van der Waals surface area contributed by atoms with Crippen LogP contribution in [0.4, 0.5) is 0 Å². The summed E-state index contributed by atoms with van der Waals surface area (Å²) >= 11 is 0. The molecule has 0 amide bonds. The minimum absolute atomic E-state index is 0.666. The maximum Gasteiger partial charge on any atom is 0.0855 e. The summed E-state index contributed by atoms with van der Waals surface area (Å²) in [6.45, 7) is 0. The van der Waals surface area contributed by atoms with Crippen molar-refractivity contribution in [2.24, 2.45) is 0 Å². The molecule has 0 atom stereocenters. The van der Waals surface area contributed by atoms with Crippen LogP contribution in [0.5, 0.6) is 0 Å². The first-order valence-electron chi connectivity index (χ1n) is 5.33. The summed E-state index contributed by atoms with van der Waals surface area (Å²) in [4.78, 5) is 0. The Hall–Kier alpha value is -0.860. The summed E-state index contributed by atoms with van der Waals surface area (Å²) in [7, 11) is 0. The zero-order valence-electron chi connectivity index (χ0n) is 8.00. The zero-order valence-corrected chi connectivity index (χ0v) is 8.00. The molecular formula is C10H17N3. The molecule has 1 N–H and O–H groups in total. The fourth-order valence-electron chi connectivity index (χ4n) is 2.16. The molecule has 1 aliphatic carbocycles. The minimum atomic E-state index is 0.666. The van der Waals surface area contributed by atoms with Crippen molar-refractivity contribution >= 4 is 0 Å². The van der Waals surface area contributed by atoms with Crippen molar-refractivity contribution < 1.29 is 0 Å². The molecule has 1 aromatic heterocycles. The highest BCUT2D eigenvalue weighted by Crippen LogP contribution is 2.28. The Morgan fingerprint density at radius 1 is 1.08 bits per heavy atom. The predicted octanol–water partition coefficient (Wildman–Crippen LogP) is 2.63. The molecule has 0 bridgehead atoms. The Kier molecular flexibility index (Phi) is 2.95. The minimum Gasteiger partial charge on any atom is -0.265 e. The second kappa shape index (κ2) is 4.40. The molecule has 0 aliphatic heterocycles. The van der Waals surface area contributed by atoms with E-state index in [-0.39, 0.29) is 0 Å². The molecule has 0 aromatic carbocycles. The van der Waals surface area contributed by atoms with E-state index in [0.29, 0.717) is 5.92 Å². The summed E-state index contributed by atoms with van der Waals surface area (Å²) < 4.78 is 0. The Balaban J connectivity index is 1.96. The molecule has 0 unspecified atom stereocenters. The lowest BCUT2D eigenvalue weighted by Crippen LogP contribution is -2.02. The number of hydrogen-bond acceptors (Lipinski definition) is 2. The third kappa shape index (κ3) is 2.29. The highest BCUT2D eigenvalue weighted by molar-refractivity contribution is 5.00. The number of rotatable bonds is 1. The van der Waals surface area contributed by atoms with Gasteiger partial charge in [-0.15, -0.1) is 5.10 Å². The van der Waals surface area contributed by atoms with Gasteiger partial charge in [-0.1, -0.05) is 37.3 Å². The summed E-state index contributed by atoms with van der Waals surface area (Å²) in [6, 6.07) is 0. The lowest BCUT2D eigenvalue weighted by atomic mass is 9.89. The summed E-state index contributed by atoms with van der Waals surface area (Å²) in [5.74, 6) is 0.666. The Labute approximate surface area is 78.9 Å². The van der Waals surface area contributed by atoms with E-state index in [1.165, 1.54) is 50.6 Å². The van der Waals surface area contributed by atoms with Crippen LogP contribution in [-0.4, -0.2) is 15.4 Å². The summed E-state index contributed by atoms with van der Waals surface area (Å²) in [5.41, 5.74) is 1.17. The van der Waals surface area contributed by atoms with Crippen molar-refractivity contribution in [3.05, 3.63) is 11.9 Å². The second-order valence-corrected chi connectivity index (χ2v) is 3.94. The predicted molar refractivity (Wildman–Crippen MR) is 51.4 cm³/mol. The van der Waals surface area contributed by atoms with Crippen molar-refractivity contribution in [2.45, 2.75) is 50.9 Å². The first-order valence-corrected chi connectivity index (χ1v) is 5.33. The summed E-state index contributed by atoms with van der Waals surface area (Å²) in [5, 5.41) is 10.7. The molecular weight excluding hydrogens is 162 g/mol. The molecule has 0 saturated heterocycles. The number of H-pyrrole nitrogens is 1. The quantitative estimate of drug-likeness (QED) is 0.720. The average molecular weight is 179 g/mol. The molecule has 2 rings (SSSR count). The van der Waals surface area contributed by atoms with Crippen molar-refractivity contribution in [3.63, 3.8) is 0 Å². The smallest absolute Gasteiger partial charge is 0.0855 e. The average Bonchev–Trinajstić information content (AvgIpc) is 2.55. The lowest BCUT2D eigenvalue weighted by Gasteiger charge is -2.16. The molecule has 1 heterocycles. The topological polar surface area (TPSA) is 41.6 Å². The molecule has 1 aromatic rings. The van der Waals surface area contributed by atoms with Crippen LogP contribution in [-0.2, 0) is 0 Å². The van der Waals surface area contributed by atoms with Crippen LogP contribution in [0.2, 0.25) is 0 Å². The van der Waals surface area contributed by atoms with Crippen LogP contribution in [0, 0.1) is 0 Å². The molecule has 1 saturated carbocycles.